The highest BCUT2D eigenvalue weighted by Crippen LogP contribution is 2.17. The summed E-state index contributed by atoms with van der Waals surface area (Å²) in [6.07, 6.45) is 0.872. The van der Waals surface area contributed by atoms with Crippen LogP contribution in [0.5, 0.6) is 0 Å². The number of hydrogen-bond acceptors (Lipinski definition) is 3. The fraction of sp³-hybridized carbons (Fsp3) is 0.417. The van der Waals surface area contributed by atoms with Gasteiger partial charge in [-0.1, -0.05) is 66.6 Å². The standard InChI is InChI=1S/C24H32N2O2S/c1-5-14-25-24(28)20(4)26(15-21-10-6-18(2)7-11-21)23(27)17-29-16-22-12-8-19(3)9-13-22/h6-13,20H,5,14-17H2,1-4H3,(H,25,28)/t20-/m1/s1. The smallest absolute Gasteiger partial charge is 0.242 e. The van der Waals surface area contributed by atoms with Crippen molar-refractivity contribution >= 4 is 23.6 Å². The average molecular weight is 413 g/mol. The van der Waals surface area contributed by atoms with Crippen molar-refractivity contribution in [2.45, 2.75) is 52.5 Å². The largest absolute Gasteiger partial charge is 0.354 e. The van der Waals surface area contributed by atoms with Crippen LogP contribution in [-0.4, -0.2) is 35.1 Å². The maximum absolute atomic E-state index is 13.0. The Morgan fingerprint density at radius 1 is 0.966 bits per heavy atom. The van der Waals surface area contributed by atoms with E-state index in [9.17, 15) is 9.59 Å². The van der Waals surface area contributed by atoms with Crippen LogP contribution in [0.3, 0.4) is 0 Å². The number of carbonyl (C=O) groups is 2. The lowest BCUT2D eigenvalue weighted by atomic mass is 10.1. The Morgan fingerprint density at radius 2 is 1.52 bits per heavy atom. The molecule has 1 atom stereocenters. The van der Waals surface area contributed by atoms with E-state index in [1.807, 2.05) is 45.0 Å². The van der Waals surface area contributed by atoms with Crippen LogP contribution in [-0.2, 0) is 21.9 Å². The second-order valence-electron chi connectivity index (χ2n) is 7.45. The summed E-state index contributed by atoms with van der Waals surface area (Å²) in [5, 5.41) is 2.91. The number of nitrogens with zero attached hydrogens (tertiary/aromatic N) is 1. The first kappa shape index (κ1) is 23.0. The van der Waals surface area contributed by atoms with E-state index in [1.165, 1.54) is 16.7 Å². The Labute approximate surface area is 179 Å². The van der Waals surface area contributed by atoms with E-state index < -0.39 is 6.04 Å². The first-order chi connectivity index (χ1) is 13.9. The number of aryl methyl sites for hydroxylation is 2. The van der Waals surface area contributed by atoms with Gasteiger partial charge in [-0.15, -0.1) is 11.8 Å². The number of benzene rings is 2. The normalized spacial score (nSPS) is 11.7. The molecule has 0 aliphatic carbocycles. The molecule has 29 heavy (non-hydrogen) atoms. The molecule has 0 bridgehead atoms. The molecule has 4 nitrogen and oxygen atoms in total. The molecule has 0 aromatic heterocycles. The Bertz CT molecular complexity index is 788. The molecule has 2 amide bonds. The lowest BCUT2D eigenvalue weighted by Gasteiger charge is -2.28. The van der Waals surface area contributed by atoms with Crippen LogP contribution in [0.4, 0.5) is 0 Å². The van der Waals surface area contributed by atoms with Crippen LogP contribution < -0.4 is 5.32 Å². The van der Waals surface area contributed by atoms with Gasteiger partial charge in [-0.05, 0) is 38.3 Å². The van der Waals surface area contributed by atoms with Gasteiger partial charge in [-0.25, -0.2) is 0 Å². The van der Waals surface area contributed by atoms with Gasteiger partial charge in [-0.3, -0.25) is 9.59 Å². The maximum Gasteiger partial charge on any atom is 0.242 e. The van der Waals surface area contributed by atoms with Gasteiger partial charge in [-0.2, -0.15) is 0 Å². The summed E-state index contributed by atoms with van der Waals surface area (Å²) in [4.78, 5) is 27.2. The number of hydrogen-bond donors (Lipinski definition) is 1. The number of carbonyl (C=O) groups excluding carboxylic acids is 2. The molecule has 0 saturated heterocycles. The minimum absolute atomic E-state index is 0.0122. The summed E-state index contributed by atoms with van der Waals surface area (Å²) in [6.45, 7) is 8.98. The van der Waals surface area contributed by atoms with Crippen LogP contribution in [0.15, 0.2) is 48.5 Å². The highest BCUT2D eigenvalue weighted by atomic mass is 32.2. The predicted octanol–water partition coefficient (Wildman–Crippen LogP) is 4.48. The SMILES string of the molecule is CCCNC(=O)[C@@H](C)N(Cc1ccc(C)cc1)C(=O)CSCc1ccc(C)cc1. The number of rotatable bonds is 10. The van der Waals surface area contributed by atoms with Crippen molar-refractivity contribution in [2.24, 2.45) is 0 Å². The van der Waals surface area contributed by atoms with E-state index in [0.29, 0.717) is 18.8 Å². The Kier molecular flexibility index (Phi) is 9.26. The van der Waals surface area contributed by atoms with E-state index in [-0.39, 0.29) is 11.8 Å². The third-order valence-electron chi connectivity index (χ3n) is 4.80. The van der Waals surface area contributed by atoms with Crippen molar-refractivity contribution in [2.75, 3.05) is 12.3 Å². The predicted molar refractivity (Wildman–Crippen MR) is 122 cm³/mol. The lowest BCUT2D eigenvalue weighted by Crippen LogP contribution is -2.48. The van der Waals surface area contributed by atoms with Gasteiger partial charge in [0, 0.05) is 18.8 Å². The number of thioether (sulfide) groups is 1. The average Bonchev–Trinajstić information content (AvgIpc) is 2.72. The molecule has 2 aromatic rings. The topological polar surface area (TPSA) is 49.4 Å². The molecule has 2 rings (SSSR count). The van der Waals surface area contributed by atoms with E-state index in [2.05, 4.69) is 36.5 Å². The first-order valence-corrected chi connectivity index (χ1v) is 11.3. The molecule has 0 saturated carbocycles. The zero-order valence-electron chi connectivity index (χ0n) is 17.9. The molecule has 0 aliphatic rings. The minimum Gasteiger partial charge on any atom is -0.354 e. The van der Waals surface area contributed by atoms with Crippen molar-refractivity contribution in [1.82, 2.24) is 10.2 Å². The van der Waals surface area contributed by atoms with E-state index in [0.717, 1.165) is 17.7 Å². The lowest BCUT2D eigenvalue weighted by molar-refractivity contribution is -0.138. The molecule has 5 heteroatoms. The van der Waals surface area contributed by atoms with Gasteiger partial charge in [0.15, 0.2) is 0 Å². The van der Waals surface area contributed by atoms with Gasteiger partial charge in [0.05, 0.1) is 5.75 Å². The molecule has 0 heterocycles. The monoisotopic (exact) mass is 412 g/mol. The van der Waals surface area contributed by atoms with Crippen molar-refractivity contribution in [3.8, 4) is 0 Å². The maximum atomic E-state index is 13.0. The van der Waals surface area contributed by atoms with E-state index >= 15 is 0 Å². The second kappa shape index (κ2) is 11.7. The third-order valence-corrected chi connectivity index (χ3v) is 5.79. The molecule has 0 radical (unpaired) electrons. The molecule has 1 N–H and O–H groups in total. The Balaban J connectivity index is 2.03. The van der Waals surface area contributed by atoms with Crippen LogP contribution in [0.2, 0.25) is 0 Å². The summed E-state index contributed by atoms with van der Waals surface area (Å²) < 4.78 is 0. The van der Waals surface area contributed by atoms with Gasteiger partial charge in [0.1, 0.15) is 6.04 Å². The summed E-state index contributed by atoms with van der Waals surface area (Å²) in [6, 6.07) is 16.0. The Morgan fingerprint density at radius 3 is 2.07 bits per heavy atom. The molecule has 0 unspecified atom stereocenters. The zero-order valence-corrected chi connectivity index (χ0v) is 18.7. The summed E-state index contributed by atoms with van der Waals surface area (Å²) >= 11 is 1.59. The quantitative estimate of drug-likeness (QED) is 0.626. The molecule has 2 aromatic carbocycles. The number of amides is 2. The molecular formula is C24H32N2O2S. The highest BCUT2D eigenvalue weighted by Gasteiger charge is 2.25. The molecule has 0 fully saturated rings. The summed E-state index contributed by atoms with van der Waals surface area (Å²) in [5.74, 6) is 1.02. The molecule has 0 aliphatic heterocycles. The van der Waals surface area contributed by atoms with Gasteiger partial charge in [0.25, 0.3) is 0 Å². The van der Waals surface area contributed by atoms with E-state index in [1.54, 1.807) is 16.7 Å². The van der Waals surface area contributed by atoms with Gasteiger partial charge in [0.2, 0.25) is 11.8 Å². The van der Waals surface area contributed by atoms with E-state index in [4.69, 9.17) is 0 Å². The Hall–Kier alpha value is -2.27. The van der Waals surface area contributed by atoms with Crippen molar-refractivity contribution < 1.29 is 9.59 Å². The molecule has 0 spiro atoms. The fourth-order valence-corrected chi connectivity index (χ4v) is 3.76. The van der Waals surface area contributed by atoms with Crippen LogP contribution >= 0.6 is 11.8 Å². The number of nitrogens with one attached hydrogen (secondary N) is 1. The second-order valence-corrected chi connectivity index (χ2v) is 8.44. The fourth-order valence-electron chi connectivity index (χ4n) is 2.89. The van der Waals surface area contributed by atoms with Gasteiger partial charge < -0.3 is 10.2 Å². The summed E-state index contributed by atoms with van der Waals surface area (Å²) in [7, 11) is 0. The highest BCUT2D eigenvalue weighted by molar-refractivity contribution is 7.99. The van der Waals surface area contributed by atoms with Crippen LogP contribution in [0, 0.1) is 13.8 Å². The molecule has 156 valence electrons. The minimum atomic E-state index is -0.504. The van der Waals surface area contributed by atoms with Crippen LogP contribution in [0.25, 0.3) is 0 Å². The summed E-state index contributed by atoms with van der Waals surface area (Å²) in [5.41, 5.74) is 4.63. The van der Waals surface area contributed by atoms with Crippen molar-refractivity contribution in [1.29, 1.82) is 0 Å². The van der Waals surface area contributed by atoms with Crippen molar-refractivity contribution in [3.05, 3.63) is 70.8 Å². The molecular weight excluding hydrogens is 380 g/mol. The zero-order chi connectivity index (χ0) is 21.2. The van der Waals surface area contributed by atoms with Crippen molar-refractivity contribution in [3.63, 3.8) is 0 Å². The van der Waals surface area contributed by atoms with Crippen LogP contribution in [0.1, 0.15) is 42.5 Å². The first-order valence-electron chi connectivity index (χ1n) is 10.2. The third kappa shape index (κ3) is 7.58. The van der Waals surface area contributed by atoms with Gasteiger partial charge >= 0.3 is 0 Å².